The summed E-state index contributed by atoms with van der Waals surface area (Å²) in [5.74, 6) is 0. The number of rotatable bonds is 1. The number of benzene rings is 2. The largest absolute Gasteiger partial charge is 0.152 e. The zero-order chi connectivity index (χ0) is 14.3. The van der Waals surface area contributed by atoms with E-state index in [1.54, 1.807) is 10.4 Å². The molecule has 101 valence electrons. The van der Waals surface area contributed by atoms with Crippen LogP contribution in [0.1, 0.15) is 33.3 Å². The molecule has 2 aromatic carbocycles. The van der Waals surface area contributed by atoms with Gasteiger partial charge in [0, 0.05) is 0 Å². The molecule has 1 radical (unpaired) electrons. The fourth-order valence-electron chi connectivity index (χ4n) is 3.33. The van der Waals surface area contributed by atoms with E-state index < -0.39 is 8.80 Å². The molecule has 0 atom stereocenters. The van der Waals surface area contributed by atoms with Crippen molar-refractivity contribution in [2.75, 3.05) is 0 Å². The summed E-state index contributed by atoms with van der Waals surface area (Å²) < 4.78 is 0. The number of fused-ring (bicyclic) bond motifs is 1. The summed E-state index contributed by atoms with van der Waals surface area (Å²) >= 11 is 0. The van der Waals surface area contributed by atoms with Gasteiger partial charge in [-0.25, -0.2) is 0 Å². The van der Waals surface area contributed by atoms with Crippen LogP contribution in [-0.4, -0.2) is 8.80 Å². The van der Waals surface area contributed by atoms with E-state index >= 15 is 0 Å². The van der Waals surface area contributed by atoms with E-state index in [2.05, 4.69) is 82.3 Å². The molecule has 0 aromatic heterocycles. The van der Waals surface area contributed by atoms with Gasteiger partial charge < -0.3 is 0 Å². The summed E-state index contributed by atoms with van der Waals surface area (Å²) in [7, 11) is -0.811. The summed E-state index contributed by atoms with van der Waals surface area (Å²) in [5, 5.41) is 4.73. The molecule has 1 aliphatic rings. The second kappa shape index (κ2) is 4.74. The topological polar surface area (TPSA) is 0 Å². The molecule has 1 heterocycles. The highest BCUT2D eigenvalue weighted by Gasteiger charge is 2.37. The minimum Gasteiger partial charge on any atom is -0.0639 e. The van der Waals surface area contributed by atoms with Crippen molar-refractivity contribution >= 4 is 24.7 Å². The van der Waals surface area contributed by atoms with Gasteiger partial charge in [0.15, 0.2) is 8.80 Å². The van der Waals surface area contributed by atoms with Crippen molar-refractivity contribution in [3.05, 3.63) is 65.4 Å². The lowest BCUT2D eigenvalue weighted by Gasteiger charge is -2.27. The molecule has 0 bridgehead atoms. The Hall–Kier alpha value is -1.60. The van der Waals surface area contributed by atoms with E-state index in [9.17, 15) is 0 Å². The second-order valence-corrected chi connectivity index (χ2v) is 8.90. The number of hydrogen-bond acceptors (Lipinski definition) is 0. The molecule has 0 nitrogen and oxygen atoms in total. The van der Waals surface area contributed by atoms with Crippen LogP contribution in [-0.2, 0) is 0 Å². The summed E-state index contributed by atoms with van der Waals surface area (Å²) in [5.41, 5.74) is 3.20. The third-order valence-corrected chi connectivity index (χ3v) is 7.55. The first-order valence-corrected chi connectivity index (χ1v) is 8.74. The van der Waals surface area contributed by atoms with Crippen LogP contribution >= 0.6 is 0 Å². The number of hydrogen-bond donors (Lipinski definition) is 0. The van der Waals surface area contributed by atoms with Gasteiger partial charge >= 0.3 is 0 Å². The smallest absolute Gasteiger partial charge is 0.0639 e. The molecule has 0 aliphatic carbocycles. The molecule has 0 saturated heterocycles. The summed E-state index contributed by atoms with van der Waals surface area (Å²) in [4.78, 5) is 0. The predicted molar refractivity (Wildman–Crippen MR) is 90.0 cm³/mol. The van der Waals surface area contributed by atoms with Crippen molar-refractivity contribution in [1.29, 1.82) is 0 Å². The Kier molecular flexibility index (Phi) is 3.18. The van der Waals surface area contributed by atoms with Gasteiger partial charge in [0.2, 0.25) is 0 Å². The Morgan fingerprint density at radius 1 is 0.800 bits per heavy atom. The predicted octanol–water partition coefficient (Wildman–Crippen LogP) is 3.67. The van der Waals surface area contributed by atoms with Gasteiger partial charge in [-0.1, -0.05) is 85.8 Å². The first kappa shape index (κ1) is 13.4. The van der Waals surface area contributed by atoms with Crippen molar-refractivity contribution in [3.8, 4) is 0 Å². The normalized spacial score (nSPS) is 15.6. The molecule has 2 aromatic rings. The van der Waals surface area contributed by atoms with Crippen LogP contribution < -0.4 is 10.4 Å². The first-order chi connectivity index (χ1) is 9.50. The van der Waals surface area contributed by atoms with E-state index in [1.807, 2.05) is 0 Å². The highest BCUT2D eigenvalue weighted by molar-refractivity contribution is 6.93. The van der Waals surface area contributed by atoms with E-state index in [1.165, 1.54) is 16.3 Å². The van der Waals surface area contributed by atoms with Crippen molar-refractivity contribution in [1.82, 2.24) is 0 Å². The third kappa shape index (κ3) is 2.06. The highest BCUT2D eigenvalue weighted by Crippen LogP contribution is 2.37. The lowest BCUT2D eigenvalue weighted by atomic mass is 9.91. The van der Waals surface area contributed by atoms with Gasteiger partial charge in [0.25, 0.3) is 0 Å². The first-order valence-electron chi connectivity index (χ1n) is 7.24. The summed E-state index contributed by atoms with van der Waals surface area (Å²) in [6.45, 7) is 9.36. The average Bonchev–Trinajstić information content (AvgIpc) is 2.74. The second-order valence-electron chi connectivity index (χ2n) is 6.54. The zero-order valence-electron chi connectivity index (χ0n) is 12.7. The van der Waals surface area contributed by atoms with Gasteiger partial charge in [0.05, 0.1) is 0 Å². The molecular formula is C19H21Si. The molecular weight excluding hydrogens is 256 g/mol. The maximum atomic E-state index is 2.35. The van der Waals surface area contributed by atoms with E-state index in [0.717, 1.165) is 0 Å². The monoisotopic (exact) mass is 277 g/mol. The van der Waals surface area contributed by atoms with Crippen LogP contribution in [0.25, 0.3) is 5.57 Å². The Morgan fingerprint density at radius 2 is 1.40 bits per heavy atom. The average molecular weight is 277 g/mol. The highest BCUT2D eigenvalue weighted by atomic mass is 28.3. The standard InChI is InChI=1S/C19H21Si/c1-14-16-12-8-9-13-17(16)20(18(14)19(2,3)4)15-10-6-5-7-11-15/h5-13H,1-4H3. The van der Waals surface area contributed by atoms with Crippen molar-refractivity contribution < 1.29 is 0 Å². The lowest BCUT2D eigenvalue weighted by Crippen LogP contribution is -2.45. The summed E-state index contributed by atoms with van der Waals surface area (Å²) in [6.07, 6.45) is 0. The van der Waals surface area contributed by atoms with Crippen LogP contribution in [0.3, 0.4) is 0 Å². The van der Waals surface area contributed by atoms with Gasteiger partial charge in [-0.3, -0.25) is 0 Å². The van der Waals surface area contributed by atoms with Crippen LogP contribution in [0.4, 0.5) is 0 Å². The van der Waals surface area contributed by atoms with Gasteiger partial charge in [-0.2, -0.15) is 0 Å². The molecule has 0 fully saturated rings. The van der Waals surface area contributed by atoms with Gasteiger partial charge in [-0.15, -0.1) is 0 Å². The van der Waals surface area contributed by atoms with Crippen LogP contribution in [0, 0.1) is 5.41 Å². The Morgan fingerprint density at radius 3 is 2.05 bits per heavy atom. The zero-order valence-corrected chi connectivity index (χ0v) is 13.7. The lowest BCUT2D eigenvalue weighted by molar-refractivity contribution is 0.530. The summed E-state index contributed by atoms with van der Waals surface area (Å²) in [6, 6.07) is 20.0. The van der Waals surface area contributed by atoms with Crippen LogP contribution in [0.2, 0.25) is 0 Å². The molecule has 0 spiro atoms. The van der Waals surface area contributed by atoms with Crippen molar-refractivity contribution in [3.63, 3.8) is 0 Å². The molecule has 0 amide bonds. The van der Waals surface area contributed by atoms with Crippen LogP contribution in [0.5, 0.6) is 0 Å². The molecule has 1 heteroatoms. The quantitative estimate of drug-likeness (QED) is 0.698. The Bertz CT molecular complexity index is 660. The molecule has 0 saturated carbocycles. The molecule has 3 rings (SSSR count). The fraction of sp³-hybridized carbons (Fsp3) is 0.263. The van der Waals surface area contributed by atoms with E-state index in [-0.39, 0.29) is 5.41 Å². The molecule has 1 aliphatic heterocycles. The maximum Gasteiger partial charge on any atom is 0.152 e. The third-order valence-electron chi connectivity index (χ3n) is 4.04. The van der Waals surface area contributed by atoms with E-state index in [0.29, 0.717) is 0 Å². The molecule has 0 unspecified atom stereocenters. The Balaban J connectivity index is 2.25. The van der Waals surface area contributed by atoms with Crippen molar-refractivity contribution in [2.45, 2.75) is 27.7 Å². The maximum absolute atomic E-state index is 2.35. The fourth-order valence-corrected chi connectivity index (χ4v) is 6.78. The SMILES string of the molecule is CC1=C(C(C)(C)C)[Si](c2ccccc2)c2ccccc21. The van der Waals surface area contributed by atoms with E-state index in [4.69, 9.17) is 0 Å². The molecule has 20 heavy (non-hydrogen) atoms. The van der Waals surface area contributed by atoms with Crippen molar-refractivity contribution in [2.24, 2.45) is 5.41 Å². The number of allylic oxidation sites excluding steroid dienone is 2. The van der Waals surface area contributed by atoms with Gasteiger partial charge in [0.1, 0.15) is 0 Å². The Labute approximate surface area is 123 Å². The van der Waals surface area contributed by atoms with Crippen LogP contribution in [0.15, 0.2) is 59.8 Å². The minimum atomic E-state index is -0.811. The minimum absolute atomic E-state index is 0.229. The molecule has 0 N–H and O–H groups in total. The van der Waals surface area contributed by atoms with Gasteiger partial charge in [-0.05, 0) is 28.7 Å².